The lowest BCUT2D eigenvalue weighted by Gasteiger charge is -2.16. The average Bonchev–Trinajstić information content (AvgIpc) is 3.17. The van der Waals surface area contributed by atoms with E-state index in [0.29, 0.717) is 40.3 Å². The van der Waals surface area contributed by atoms with Gasteiger partial charge in [-0.05, 0) is 43.5 Å². The molecule has 1 heterocycles. The lowest BCUT2D eigenvalue weighted by atomic mass is 10.1. The summed E-state index contributed by atoms with van der Waals surface area (Å²) in [6, 6.07) is 7.84. The highest BCUT2D eigenvalue weighted by Gasteiger charge is 2.16. The minimum atomic E-state index is -0.383. The second-order valence-corrected chi connectivity index (χ2v) is 7.43. The molecule has 4 nitrogen and oxygen atoms in total. The fraction of sp³-hybridized carbons (Fsp3) is 0.429. The van der Waals surface area contributed by atoms with Gasteiger partial charge in [-0.15, -0.1) is 0 Å². The topological polar surface area (TPSA) is 39.7 Å². The molecule has 152 valence electrons. The zero-order valence-corrected chi connectivity index (χ0v) is 17.3. The van der Waals surface area contributed by atoms with Crippen molar-refractivity contribution in [1.82, 2.24) is 5.32 Å². The molecule has 0 radical (unpaired) electrons. The van der Waals surface area contributed by atoms with E-state index in [4.69, 9.17) is 37.4 Å². The summed E-state index contributed by atoms with van der Waals surface area (Å²) in [6.45, 7) is 4.84. The van der Waals surface area contributed by atoms with E-state index in [0.717, 1.165) is 31.6 Å². The predicted octanol–water partition coefficient (Wildman–Crippen LogP) is 5.38. The number of benzene rings is 2. The zero-order chi connectivity index (χ0) is 19.9. The van der Waals surface area contributed by atoms with Crippen LogP contribution in [0.4, 0.5) is 4.39 Å². The first-order valence-electron chi connectivity index (χ1n) is 9.41. The normalized spacial score (nSPS) is 16.4. The van der Waals surface area contributed by atoms with Crippen molar-refractivity contribution in [3.05, 3.63) is 57.3 Å². The molecule has 0 aliphatic carbocycles. The minimum absolute atomic E-state index is 0.187. The number of hydrogen-bond donors (Lipinski definition) is 1. The maximum Gasteiger partial charge on any atom is 0.163 e. The third kappa shape index (κ3) is 5.74. The van der Waals surface area contributed by atoms with Crippen LogP contribution in [0.5, 0.6) is 11.5 Å². The second-order valence-electron chi connectivity index (χ2n) is 6.61. The highest BCUT2D eigenvalue weighted by molar-refractivity contribution is 6.31. The number of hydrogen-bond acceptors (Lipinski definition) is 4. The first-order chi connectivity index (χ1) is 13.6. The highest BCUT2D eigenvalue weighted by Crippen LogP contribution is 2.34. The van der Waals surface area contributed by atoms with E-state index in [1.807, 2.05) is 13.0 Å². The van der Waals surface area contributed by atoms with Crippen LogP contribution in [0.25, 0.3) is 0 Å². The molecule has 1 N–H and O–H groups in total. The van der Waals surface area contributed by atoms with Gasteiger partial charge >= 0.3 is 0 Å². The molecule has 1 aliphatic rings. The summed E-state index contributed by atoms with van der Waals surface area (Å²) in [5, 5.41) is 4.29. The summed E-state index contributed by atoms with van der Waals surface area (Å²) in [5.41, 5.74) is 1.61. The van der Waals surface area contributed by atoms with Crippen LogP contribution in [0.1, 0.15) is 30.9 Å². The van der Waals surface area contributed by atoms with Gasteiger partial charge in [0.05, 0.1) is 17.7 Å². The van der Waals surface area contributed by atoms with Crippen LogP contribution in [-0.4, -0.2) is 25.9 Å². The number of ether oxygens (including phenoxy) is 3. The molecule has 28 heavy (non-hydrogen) atoms. The highest BCUT2D eigenvalue weighted by atomic mass is 35.5. The molecule has 2 aromatic carbocycles. The molecular weight excluding hydrogens is 404 g/mol. The van der Waals surface area contributed by atoms with Gasteiger partial charge < -0.3 is 19.5 Å². The van der Waals surface area contributed by atoms with Gasteiger partial charge in [-0.3, -0.25) is 0 Å². The quantitative estimate of drug-likeness (QED) is 0.582. The molecule has 0 bridgehead atoms. The summed E-state index contributed by atoms with van der Waals surface area (Å²) in [7, 11) is 0. The lowest BCUT2D eigenvalue weighted by molar-refractivity contribution is 0.110. The molecule has 1 aliphatic heterocycles. The van der Waals surface area contributed by atoms with Crippen molar-refractivity contribution < 1.29 is 18.6 Å². The molecule has 2 aromatic rings. The Labute approximate surface area is 174 Å². The van der Waals surface area contributed by atoms with Crippen molar-refractivity contribution in [2.45, 2.75) is 39.0 Å². The summed E-state index contributed by atoms with van der Waals surface area (Å²) < 4.78 is 30.4. The van der Waals surface area contributed by atoms with E-state index in [9.17, 15) is 4.39 Å². The van der Waals surface area contributed by atoms with Crippen LogP contribution in [0, 0.1) is 5.82 Å². The van der Waals surface area contributed by atoms with Gasteiger partial charge in [0.15, 0.2) is 11.5 Å². The molecule has 0 aromatic heterocycles. The lowest BCUT2D eigenvalue weighted by Crippen LogP contribution is -2.25. The number of halogens is 3. The molecule has 7 heteroatoms. The van der Waals surface area contributed by atoms with Crippen molar-refractivity contribution in [2.75, 3.05) is 19.8 Å². The third-order valence-electron chi connectivity index (χ3n) is 4.52. The molecule has 0 amide bonds. The van der Waals surface area contributed by atoms with Gasteiger partial charge in [0.25, 0.3) is 0 Å². The van der Waals surface area contributed by atoms with E-state index >= 15 is 0 Å². The predicted molar refractivity (Wildman–Crippen MR) is 109 cm³/mol. The Morgan fingerprint density at radius 2 is 1.89 bits per heavy atom. The maximum atomic E-state index is 13.2. The smallest absolute Gasteiger partial charge is 0.163 e. The Bertz CT molecular complexity index is 797. The van der Waals surface area contributed by atoms with E-state index in [2.05, 4.69) is 5.32 Å². The fourth-order valence-corrected chi connectivity index (χ4v) is 3.50. The Balaban J connectivity index is 1.67. The van der Waals surface area contributed by atoms with Crippen LogP contribution < -0.4 is 14.8 Å². The third-order valence-corrected chi connectivity index (χ3v) is 5.23. The SMILES string of the molecule is CCOc1cc(CNCC2CCCO2)c(Cl)cc1OCc1ccc(F)cc1Cl. The number of rotatable bonds is 9. The Morgan fingerprint density at radius 3 is 2.61 bits per heavy atom. The monoisotopic (exact) mass is 427 g/mol. The number of nitrogens with one attached hydrogen (secondary N) is 1. The van der Waals surface area contributed by atoms with Crippen molar-refractivity contribution >= 4 is 23.2 Å². The Hall–Kier alpha value is -1.53. The maximum absolute atomic E-state index is 13.2. The van der Waals surface area contributed by atoms with Gasteiger partial charge in [-0.2, -0.15) is 0 Å². The summed E-state index contributed by atoms with van der Waals surface area (Å²) in [4.78, 5) is 0. The van der Waals surface area contributed by atoms with Crippen molar-refractivity contribution in [2.24, 2.45) is 0 Å². The van der Waals surface area contributed by atoms with Gasteiger partial charge in [0.1, 0.15) is 12.4 Å². The molecular formula is C21H24Cl2FNO3. The summed E-state index contributed by atoms with van der Waals surface area (Å²) in [5.74, 6) is 0.751. The molecule has 1 saturated heterocycles. The largest absolute Gasteiger partial charge is 0.490 e. The fourth-order valence-electron chi connectivity index (χ4n) is 3.06. The summed E-state index contributed by atoms with van der Waals surface area (Å²) >= 11 is 12.5. The van der Waals surface area contributed by atoms with E-state index < -0.39 is 0 Å². The van der Waals surface area contributed by atoms with Gasteiger partial charge in [-0.1, -0.05) is 29.3 Å². The van der Waals surface area contributed by atoms with Crippen molar-refractivity contribution in [3.8, 4) is 11.5 Å². The molecule has 1 fully saturated rings. The standard InChI is InChI=1S/C21H24Cl2FNO3/c1-2-26-20-8-15(11-25-12-17-4-3-7-27-17)19(23)10-21(20)28-13-14-5-6-16(24)9-18(14)22/h5-6,8-10,17,25H,2-4,7,11-13H2,1H3. The zero-order valence-electron chi connectivity index (χ0n) is 15.8. The van der Waals surface area contributed by atoms with Crippen LogP contribution in [0.15, 0.2) is 30.3 Å². The minimum Gasteiger partial charge on any atom is -0.490 e. The second kappa shape index (κ2) is 10.3. The van der Waals surface area contributed by atoms with Crippen LogP contribution >= 0.6 is 23.2 Å². The first kappa shape index (κ1) is 21.2. The molecule has 0 spiro atoms. The van der Waals surface area contributed by atoms with E-state index in [1.54, 1.807) is 12.1 Å². The van der Waals surface area contributed by atoms with Gasteiger partial charge in [-0.25, -0.2) is 4.39 Å². The Morgan fingerprint density at radius 1 is 1.11 bits per heavy atom. The van der Waals surface area contributed by atoms with E-state index in [1.165, 1.54) is 12.1 Å². The van der Waals surface area contributed by atoms with Gasteiger partial charge in [0, 0.05) is 36.3 Å². The average molecular weight is 428 g/mol. The van der Waals surface area contributed by atoms with Crippen LogP contribution in [0.2, 0.25) is 10.0 Å². The molecule has 1 unspecified atom stereocenters. The van der Waals surface area contributed by atoms with Crippen molar-refractivity contribution in [3.63, 3.8) is 0 Å². The molecule has 3 rings (SSSR count). The molecule has 0 saturated carbocycles. The summed E-state index contributed by atoms with van der Waals surface area (Å²) in [6.07, 6.45) is 2.48. The van der Waals surface area contributed by atoms with Crippen molar-refractivity contribution in [1.29, 1.82) is 0 Å². The first-order valence-corrected chi connectivity index (χ1v) is 10.2. The van der Waals surface area contributed by atoms with Crippen LogP contribution in [0.3, 0.4) is 0 Å². The Kier molecular flexibility index (Phi) is 7.80. The van der Waals surface area contributed by atoms with Gasteiger partial charge in [0.2, 0.25) is 0 Å². The van der Waals surface area contributed by atoms with E-state index in [-0.39, 0.29) is 18.5 Å². The van der Waals surface area contributed by atoms with Crippen LogP contribution in [-0.2, 0) is 17.9 Å². The molecule has 1 atom stereocenters.